The topological polar surface area (TPSA) is 26.3 Å². The molecule has 0 spiro atoms. The van der Waals surface area contributed by atoms with E-state index in [4.69, 9.17) is 16.3 Å². The quantitative estimate of drug-likeness (QED) is 0.771. The number of hydrogen-bond donors (Lipinski definition) is 0. The molecule has 0 N–H and O–H groups in total. The third-order valence-electron chi connectivity index (χ3n) is 1.49. The van der Waals surface area contributed by atoms with E-state index in [1.807, 2.05) is 0 Å². The maximum absolute atomic E-state index is 11.5. The van der Waals surface area contributed by atoms with Gasteiger partial charge in [-0.05, 0) is 32.0 Å². The largest absolute Gasteiger partial charge is 0.459 e. The summed E-state index contributed by atoms with van der Waals surface area (Å²) in [7, 11) is 0. The van der Waals surface area contributed by atoms with Crippen molar-refractivity contribution in [2.75, 3.05) is 0 Å². The SMILES string of the molecule is CC(C)OC(=O)c1cc(Br)ccc1Cl. The Kier molecular flexibility index (Phi) is 3.96. The highest BCUT2D eigenvalue weighted by Gasteiger charge is 2.13. The van der Waals surface area contributed by atoms with Crippen molar-refractivity contribution in [1.29, 1.82) is 0 Å². The Hall–Kier alpha value is -0.540. The van der Waals surface area contributed by atoms with E-state index >= 15 is 0 Å². The Bertz CT molecular complexity index is 350. The third kappa shape index (κ3) is 3.00. The molecule has 2 nitrogen and oxygen atoms in total. The van der Waals surface area contributed by atoms with Crippen LogP contribution < -0.4 is 0 Å². The van der Waals surface area contributed by atoms with Crippen LogP contribution in [0.15, 0.2) is 22.7 Å². The van der Waals surface area contributed by atoms with Crippen LogP contribution in [0.2, 0.25) is 5.02 Å². The lowest BCUT2D eigenvalue weighted by molar-refractivity contribution is 0.0378. The van der Waals surface area contributed by atoms with Gasteiger partial charge in [0.25, 0.3) is 0 Å². The van der Waals surface area contributed by atoms with Crippen molar-refractivity contribution in [1.82, 2.24) is 0 Å². The number of benzene rings is 1. The van der Waals surface area contributed by atoms with Gasteiger partial charge in [0, 0.05) is 4.47 Å². The van der Waals surface area contributed by atoms with E-state index in [-0.39, 0.29) is 6.10 Å². The second-order valence-corrected chi connectivity index (χ2v) is 4.40. The van der Waals surface area contributed by atoms with Crippen LogP contribution in [0.1, 0.15) is 24.2 Å². The smallest absolute Gasteiger partial charge is 0.339 e. The van der Waals surface area contributed by atoms with Gasteiger partial charge in [0.15, 0.2) is 0 Å². The first-order valence-electron chi connectivity index (χ1n) is 4.16. The second kappa shape index (κ2) is 4.80. The predicted molar refractivity (Wildman–Crippen MR) is 59.7 cm³/mol. The lowest BCUT2D eigenvalue weighted by Gasteiger charge is -2.08. The Labute approximate surface area is 96.3 Å². The number of carbonyl (C=O) groups excluding carboxylic acids is 1. The van der Waals surface area contributed by atoms with Crippen molar-refractivity contribution >= 4 is 33.5 Å². The number of hydrogen-bond acceptors (Lipinski definition) is 2. The molecule has 0 amide bonds. The van der Waals surface area contributed by atoms with Crippen molar-refractivity contribution in [3.05, 3.63) is 33.3 Å². The summed E-state index contributed by atoms with van der Waals surface area (Å²) in [4.78, 5) is 11.5. The van der Waals surface area contributed by atoms with Crippen molar-refractivity contribution in [2.45, 2.75) is 20.0 Å². The highest BCUT2D eigenvalue weighted by atomic mass is 79.9. The fraction of sp³-hybridized carbons (Fsp3) is 0.300. The molecule has 4 heteroatoms. The molecule has 14 heavy (non-hydrogen) atoms. The summed E-state index contributed by atoms with van der Waals surface area (Å²) in [6.45, 7) is 3.59. The molecule has 0 bridgehead atoms. The first-order valence-corrected chi connectivity index (χ1v) is 5.34. The summed E-state index contributed by atoms with van der Waals surface area (Å²) in [5.74, 6) is -0.397. The van der Waals surface area contributed by atoms with E-state index in [9.17, 15) is 4.79 Å². The molecule has 0 aliphatic carbocycles. The number of ether oxygens (including phenoxy) is 1. The van der Waals surface area contributed by atoms with Crippen LogP contribution in [0, 0.1) is 0 Å². The summed E-state index contributed by atoms with van der Waals surface area (Å²) in [6.07, 6.45) is -0.141. The summed E-state index contributed by atoms with van der Waals surface area (Å²) in [6, 6.07) is 5.07. The monoisotopic (exact) mass is 276 g/mol. The maximum atomic E-state index is 11.5. The zero-order valence-electron chi connectivity index (χ0n) is 7.88. The fourth-order valence-corrected chi connectivity index (χ4v) is 1.49. The maximum Gasteiger partial charge on any atom is 0.339 e. The highest BCUT2D eigenvalue weighted by molar-refractivity contribution is 9.10. The van der Waals surface area contributed by atoms with Gasteiger partial charge >= 0.3 is 5.97 Å². The molecule has 0 fully saturated rings. The van der Waals surface area contributed by atoms with Gasteiger partial charge in [-0.3, -0.25) is 0 Å². The molecular weight excluding hydrogens is 267 g/mol. The number of esters is 1. The molecule has 0 heterocycles. The van der Waals surface area contributed by atoms with Gasteiger partial charge in [-0.15, -0.1) is 0 Å². The second-order valence-electron chi connectivity index (χ2n) is 3.08. The molecule has 0 aromatic heterocycles. The van der Waals surface area contributed by atoms with Gasteiger partial charge in [-0.1, -0.05) is 27.5 Å². The third-order valence-corrected chi connectivity index (χ3v) is 2.31. The molecule has 0 unspecified atom stereocenters. The van der Waals surface area contributed by atoms with Crippen LogP contribution in [0.5, 0.6) is 0 Å². The van der Waals surface area contributed by atoms with E-state index in [0.29, 0.717) is 10.6 Å². The van der Waals surface area contributed by atoms with Gasteiger partial charge in [-0.2, -0.15) is 0 Å². The minimum atomic E-state index is -0.397. The number of halogens is 2. The minimum Gasteiger partial charge on any atom is -0.459 e. The van der Waals surface area contributed by atoms with Crippen molar-refractivity contribution in [3.8, 4) is 0 Å². The molecular formula is C10H10BrClO2. The molecule has 0 saturated heterocycles. The van der Waals surface area contributed by atoms with Crippen molar-refractivity contribution in [3.63, 3.8) is 0 Å². The minimum absolute atomic E-state index is 0.141. The summed E-state index contributed by atoms with van der Waals surface area (Å²) >= 11 is 9.12. The van der Waals surface area contributed by atoms with Crippen LogP contribution >= 0.6 is 27.5 Å². The Morgan fingerprint density at radius 1 is 1.50 bits per heavy atom. The van der Waals surface area contributed by atoms with Crippen LogP contribution in [0.4, 0.5) is 0 Å². The molecule has 1 aromatic rings. The molecule has 76 valence electrons. The average molecular weight is 278 g/mol. The zero-order chi connectivity index (χ0) is 10.7. The lowest BCUT2D eigenvalue weighted by Crippen LogP contribution is -2.11. The molecule has 1 rings (SSSR count). The van der Waals surface area contributed by atoms with E-state index < -0.39 is 5.97 Å². The summed E-state index contributed by atoms with van der Waals surface area (Å²) in [5.41, 5.74) is 0.384. The highest BCUT2D eigenvalue weighted by Crippen LogP contribution is 2.22. The zero-order valence-corrected chi connectivity index (χ0v) is 10.2. The number of carbonyl (C=O) groups is 1. The number of rotatable bonds is 2. The van der Waals surface area contributed by atoms with Crippen molar-refractivity contribution in [2.24, 2.45) is 0 Å². The molecule has 0 radical (unpaired) electrons. The van der Waals surface area contributed by atoms with E-state index in [2.05, 4.69) is 15.9 Å². The van der Waals surface area contributed by atoms with Crippen LogP contribution in [0.3, 0.4) is 0 Å². The first kappa shape index (κ1) is 11.5. The molecule has 1 aromatic carbocycles. The van der Waals surface area contributed by atoms with Crippen molar-refractivity contribution < 1.29 is 9.53 Å². The molecule has 0 atom stereocenters. The molecule has 0 aliphatic heterocycles. The lowest BCUT2D eigenvalue weighted by atomic mass is 10.2. The summed E-state index contributed by atoms with van der Waals surface area (Å²) in [5, 5.41) is 0.402. The Morgan fingerprint density at radius 3 is 2.71 bits per heavy atom. The predicted octanol–water partition coefficient (Wildman–Crippen LogP) is 3.67. The Morgan fingerprint density at radius 2 is 2.14 bits per heavy atom. The standard InChI is InChI=1S/C10H10BrClO2/c1-6(2)14-10(13)8-5-7(11)3-4-9(8)12/h3-6H,1-2H3. The average Bonchev–Trinajstić information content (AvgIpc) is 2.08. The van der Waals surface area contributed by atoms with Gasteiger partial charge in [0.2, 0.25) is 0 Å². The van der Waals surface area contributed by atoms with Gasteiger partial charge < -0.3 is 4.74 Å². The van der Waals surface area contributed by atoms with Gasteiger partial charge in [0.05, 0.1) is 16.7 Å². The van der Waals surface area contributed by atoms with Crippen LogP contribution in [-0.2, 0) is 4.74 Å². The normalized spacial score (nSPS) is 10.4. The molecule has 0 aliphatic rings. The first-order chi connectivity index (χ1) is 6.50. The fourth-order valence-electron chi connectivity index (χ4n) is 0.931. The van der Waals surface area contributed by atoms with E-state index in [1.54, 1.807) is 32.0 Å². The van der Waals surface area contributed by atoms with E-state index in [0.717, 1.165) is 4.47 Å². The van der Waals surface area contributed by atoms with Crippen LogP contribution in [-0.4, -0.2) is 12.1 Å². The Balaban J connectivity index is 2.94. The van der Waals surface area contributed by atoms with Crippen LogP contribution in [0.25, 0.3) is 0 Å². The van der Waals surface area contributed by atoms with Gasteiger partial charge in [0.1, 0.15) is 0 Å². The summed E-state index contributed by atoms with van der Waals surface area (Å²) < 4.78 is 5.83. The molecule has 0 saturated carbocycles. The van der Waals surface area contributed by atoms with E-state index in [1.165, 1.54) is 0 Å². The van der Waals surface area contributed by atoms with Gasteiger partial charge in [-0.25, -0.2) is 4.79 Å².